The van der Waals surface area contributed by atoms with E-state index < -0.39 is 18.1 Å². The Balaban J connectivity index is 2.61. The van der Waals surface area contributed by atoms with Gasteiger partial charge in [-0.1, -0.05) is 38.7 Å². The molecule has 0 spiro atoms. The van der Waals surface area contributed by atoms with Crippen LogP contribution in [0.5, 0.6) is 0 Å². The zero-order valence-corrected chi connectivity index (χ0v) is 18.5. The molecule has 0 aromatic rings. The highest BCUT2D eigenvalue weighted by Crippen LogP contribution is 2.39. The van der Waals surface area contributed by atoms with Crippen LogP contribution < -0.4 is 0 Å². The normalized spacial score (nSPS) is 21.7. The molecule has 0 N–H and O–H groups in total. The molecule has 0 aliphatic heterocycles. The molecule has 0 amide bonds. The number of halogens is 2. The lowest BCUT2D eigenvalue weighted by Gasteiger charge is -2.23. The minimum atomic E-state index is -3.32. The first-order valence-electron chi connectivity index (χ1n) is 11.1. The number of allylic oxidation sites excluding steroid dienone is 2. The average Bonchev–Trinajstić information content (AvgIpc) is 3.07. The Morgan fingerprint density at radius 1 is 1.07 bits per heavy atom. The SMILES string of the molecule is CCCCC(F)(F)C(=O)C=C[C@H]1CCC(OC(C)=O)C1CCCCCCC(=O)OC. The summed E-state index contributed by atoms with van der Waals surface area (Å²) in [7, 11) is 1.37. The third-order valence-electron chi connectivity index (χ3n) is 5.72. The van der Waals surface area contributed by atoms with Gasteiger partial charge in [0, 0.05) is 25.7 Å². The smallest absolute Gasteiger partial charge is 0.309 e. The summed E-state index contributed by atoms with van der Waals surface area (Å²) in [6, 6.07) is 0. The lowest BCUT2D eigenvalue weighted by Crippen LogP contribution is -2.27. The number of unbranched alkanes of at least 4 members (excludes halogenated alkanes) is 4. The summed E-state index contributed by atoms with van der Waals surface area (Å²) in [6.45, 7) is 3.18. The molecule has 0 radical (unpaired) electrons. The minimum Gasteiger partial charge on any atom is -0.469 e. The van der Waals surface area contributed by atoms with E-state index in [-0.39, 0.29) is 29.9 Å². The molecule has 3 atom stereocenters. The van der Waals surface area contributed by atoms with Gasteiger partial charge in [0.25, 0.3) is 0 Å². The molecule has 0 heterocycles. The summed E-state index contributed by atoms with van der Waals surface area (Å²) in [6.07, 6.45) is 8.87. The molecule has 7 heteroatoms. The van der Waals surface area contributed by atoms with Crippen molar-refractivity contribution < 1.29 is 32.6 Å². The van der Waals surface area contributed by atoms with Gasteiger partial charge in [-0.15, -0.1) is 0 Å². The van der Waals surface area contributed by atoms with Crippen molar-refractivity contribution in [1.29, 1.82) is 0 Å². The molecule has 1 fully saturated rings. The molecule has 1 aliphatic carbocycles. The number of ether oxygens (including phenoxy) is 2. The number of ketones is 1. The minimum absolute atomic E-state index is 0.0165. The fourth-order valence-corrected chi connectivity index (χ4v) is 4.02. The number of esters is 2. The molecule has 172 valence electrons. The number of rotatable bonds is 14. The molecule has 0 aromatic carbocycles. The van der Waals surface area contributed by atoms with Crippen LogP contribution in [0.4, 0.5) is 8.78 Å². The third kappa shape index (κ3) is 9.35. The van der Waals surface area contributed by atoms with E-state index in [0.29, 0.717) is 32.1 Å². The van der Waals surface area contributed by atoms with Crippen molar-refractivity contribution in [3.8, 4) is 0 Å². The van der Waals surface area contributed by atoms with E-state index in [1.807, 2.05) is 6.92 Å². The number of hydrogen-bond donors (Lipinski definition) is 0. The van der Waals surface area contributed by atoms with Crippen molar-refractivity contribution in [3.05, 3.63) is 12.2 Å². The predicted octanol–water partition coefficient (Wildman–Crippen LogP) is 5.41. The number of alkyl halides is 2. The molecule has 0 bridgehead atoms. The second-order valence-electron chi connectivity index (χ2n) is 8.11. The van der Waals surface area contributed by atoms with E-state index in [2.05, 4.69) is 4.74 Å². The van der Waals surface area contributed by atoms with Crippen LogP contribution in [0, 0.1) is 11.8 Å². The summed E-state index contributed by atoms with van der Waals surface area (Å²) < 4.78 is 37.9. The molecule has 1 rings (SSSR count). The molecule has 1 aliphatic rings. The Bertz CT molecular complexity index is 588. The van der Waals surface area contributed by atoms with Gasteiger partial charge < -0.3 is 9.47 Å². The predicted molar refractivity (Wildman–Crippen MR) is 110 cm³/mol. The van der Waals surface area contributed by atoms with Gasteiger partial charge >= 0.3 is 17.9 Å². The maximum atomic E-state index is 13.9. The Morgan fingerprint density at radius 3 is 2.40 bits per heavy atom. The van der Waals surface area contributed by atoms with Crippen molar-refractivity contribution >= 4 is 17.7 Å². The number of methoxy groups -OCH3 is 1. The van der Waals surface area contributed by atoms with Crippen molar-refractivity contribution in [3.63, 3.8) is 0 Å². The van der Waals surface area contributed by atoms with Gasteiger partial charge in [-0.3, -0.25) is 14.4 Å². The standard InChI is InChI=1S/C23H36F2O5/c1-4-5-16-23(24,25)21(27)15-13-18-12-14-20(30-17(2)26)19(18)10-8-6-7-9-11-22(28)29-3/h13,15,18-20H,4-12,14,16H2,1-3H3/t18-,19?,20?/m1/s1. The van der Waals surface area contributed by atoms with Gasteiger partial charge in [-0.05, 0) is 44.1 Å². The number of carbonyl (C=O) groups excluding carboxylic acids is 3. The molecule has 1 saturated carbocycles. The maximum Gasteiger partial charge on any atom is 0.309 e. The molecular formula is C23H36F2O5. The van der Waals surface area contributed by atoms with Gasteiger partial charge in [0.1, 0.15) is 6.10 Å². The summed E-state index contributed by atoms with van der Waals surface area (Å²) in [5, 5.41) is 0. The highest BCUT2D eigenvalue weighted by atomic mass is 19.3. The summed E-state index contributed by atoms with van der Waals surface area (Å²) in [4.78, 5) is 34.5. The number of hydrogen-bond acceptors (Lipinski definition) is 5. The largest absolute Gasteiger partial charge is 0.469 e. The van der Waals surface area contributed by atoms with Gasteiger partial charge in [0.2, 0.25) is 5.78 Å². The third-order valence-corrected chi connectivity index (χ3v) is 5.72. The monoisotopic (exact) mass is 430 g/mol. The second kappa shape index (κ2) is 13.5. The van der Waals surface area contributed by atoms with Gasteiger partial charge in [0.05, 0.1) is 7.11 Å². The fraction of sp³-hybridized carbons (Fsp3) is 0.783. The Kier molecular flexibility index (Phi) is 11.8. The number of carbonyl (C=O) groups is 3. The highest BCUT2D eigenvalue weighted by Gasteiger charge is 2.38. The van der Waals surface area contributed by atoms with Gasteiger partial charge in [-0.25, -0.2) is 0 Å². The molecule has 0 aromatic heterocycles. The van der Waals surface area contributed by atoms with E-state index in [9.17, 15) is 23.2 Å². The molecule has 0 saturated heterocycles. The van der Waals surface area contributed by atoms with Crippen LogP contribution >= 0.6 is 0 Å². The first-order valence-corrected chi connectivity index (χ1v) is 11.1. The van der Waals surface area contributed by atoms with Crippen molar-refractivity contribution in [1.82, 2.24) is 0 Å². The van der Waals surface area contributed by atoms with E-state index in [0.717, 1.165) is 38.2 Å². The van der Waals surface area contributed by atoms with Gasteiger partial charge in [-0.2, -0.15) is 8.78 Å². The van der Waals surface area contributed by atoms with Crippen molar-refractivity contribution in [2.75, 3.05) is 7.11 Å². The molecular weight excluding hydrogens is 394 g/mol. The van der Waals surface area contributed by atoms with Crippen molar-refractivity contribution in [2.24, 2.45) is 11.8 Å². The first-order chi connectivity index (χ1) is 14.2. The lowest BCUT2D eigenvalue weighted by molar-refractivity contribution is -0.148. The Hall–Kier alpha value is -1.79. The summed E-state index contributed by atoms with van der Waals surface area (Å²) in [5.41, 5.74) is 0. The van der Waals surface area contributed by atoms with E-state index in [4.69, 9.17) is 4.74 Å². The zero-order chi connectivity index (χ0) is 22.6. The van der Waals surface area contributed by atoms with Gasteiger partial charge in [0.15, 0.2) is 0 Å². The highest BCUT2D eigenvalue weighted by molar-refractivity contribution is 5.95. The topological polar surface area (TPSA) is 69.7 Å². The first kappa shape index (κ1) is 26.2. The average molecular weight is 431 g/mol. The Labute approximate surface area is 178 Å². The molecule has 30 heavy (non-hydrogen) atoms. The van der Waals surface area contributed by atoms with Crippen LogP contribution in [0.25, 0.3) is 0 Å². The zero-order valence-electron chi connectivity index (χ0n) is 18.5. The van der Waals surface area contributed by atoms with Crippen LogP contribution in [0.15, 0.2) is 12.2 Å². The van der Waals surface area contributed by atoms with Crippen LogP contribution in [0.1, 0.15) is 84.5 Å². The summed E-state index contributed by atoms with van der Waals surface area (Å²) >= 11 is 0. The fourth-order valence-electron chi connectivity index (χ4n) is 4.02. The van der Waals surface area contributed by atoms with Crippen molar-refractivity contribution in [2.45, 2.75) is 96.5 Å². The van der Waals surface area contributed by atoms with Crippen LogP contribution in [0.2, 0.25) is 0 Å². The lowest BCUT2D eigenvalue weighted by atomic mass is 9.88. The quantitative estimate of drug-likeness (QED) is 0.209. The summed E-state index contributed by atoms with van der Waals surface area (Å²) in [5.74, 6) is -5.08. The Morgan fingerprint density at radius 2 is 1.77 bits per heavy atom. The van der Waals surface area contributed by atoms with E-state index >= 15 is 0 Å². The second-order valence-corrected chi connectivity index (χ2v) is 8.11. The van der Waals surface area contributed by atoms with Crippen LogP contribution in [0.3, 0.4) is 0 Å². The van der Waals surface area contributed by atoms with Crippen LogP contribution in [-0.2, 0) is 23.9 Å². The van der Waals surface area contributed by atoms with E-state index in [1.54, 1.807) is 6.08 Å². The van der Waals surface area contributed by atoms with Crippen LogP contribution in [-0.4, -0.2) is 36.9 Å². The maximum absolute atomic E-state index is 13.9. The van der Waals surface area contributed by atoms with E-state index in [1.165, 1.54) is 14.0 Å². The molecule has 2 unspecified atom stereocenters. The molecule has 5 nitrogen and oxygen atoms in total.